The van der Waals surface area contributed by atoms with Crippen LogP contribution in [0.3, 0.4) is 0 Å². The quantitative estimate of drug-likeness (QED) is 0.252. The second-order valence-electron chi connectivity index (χ2n) is 8.93. The minimum atomic E-state index is -1.04. The van der Waals surface area contributed by atoms with E-state index in [0.717, 1.165) is 35.8 Å². The number of hydrogen-bond acceptors (Lipinski definition) is 5. The normalized spacial score (nSPS) is 10.8. The zero-order chi connectivity index (χ0) is 26.5. The van der Waals surface area contributed by atoms with E-state index in [1.54, 1.807) is 32.5 Å². The highest BCUT2D eigenvalue weighted by Gasteiger charge is 2.21. The summed E-state index contributed by atoms with van der Waals surface area (Å²) in [5.74, 6) is 2.40. The number of anilines is 2. The van der Waals surface area contributed by atoms with Crippen LogP contribution in [-0.4, -0.2) is 30.4 Å². The average Bonchev–Trinajstić information content (AvgIpc) is 2.90. The summed E-state index contributed by atoms with van der Waals surface area (Å²) < 4.78 is 17.2. The molecule has 0 saturated carbocycles. The molecular weight excluding hydrogens is 468 g/mol. The molecule has 0 fully saturated rings. The summed E-state index contributed by atoms with van der Waals surface area (Å²) in [5, 5.41) is 10.9. The van der Waals surface area contributed by atoms with Crippen molar-refractivity contribution in [3.05, 3.63) is 77.5 Å². The lowest BCUT2D eigenvalue weighted by atomic mass is 10.1. The number of carbonyl (C=O) groups is 1. The highest BCUT2D eigenvalue weighted by atomic mass is 16.5. The van der Waals surface area contributed by atoms with Crippen molar-refractivity contribution in [1.82, 2.24) is 4.98 Å². The third-order valence-corrected chi connectivity index (χ3v) is 6.37. The van der Waals surface area contributed by atoms with E-state index < -0.39 is 6.09 Å². The molecule has 0 aliphatic heterocycles. The molecule has 4 rings (SSSR count). The Morgan fingerprint density at radius 2 is 1.59 bits per heavy atom. The Bertz CT molecular complexity index is 1420. The van der Waals surface area contributed by atoms with Crippen LogP contribution in [-0.2, 0) is 6.42 Å². The molecule has 1 amide bonds. The monoisotopic (exact) mass is 500 g/mol. The molecular formula is C30H32N2O5. The summed E-state index contributed by atoms with van der Waals surface area (Å²) in [4.78, 5) is 18.1. The van der Waals surface area contributed by atoms with Crippen molar-refractivity contribution >= 4 is 28.4 Å². The van der Waals surface area contributed by atoms with Crippen LogP contribution in [0, 0.1) is 13.8 Å². The van der Waals surface area contributed by atoms with Crippen LogP contribution < -0.4 is 19.1 Å². The zero-order valence-electron chi connectivity index (χ0n) is 21.9. The van der Waals surface area contributed by atoms with E-state index in [2.05, 4.69) is 11.9 Å². The van der Waals surface area contributed by atoms with Gasteiger partial charge in [-0.3, -0.25) is 4.98 Å². The second-order valence-corrected chi connectivity index (χ2v) is 8.93. The van der Waals surface area contributed by atoms with Gasteiger partial charge in [0.25, 0.3) is 0 Å². The Labute approximate surface area is 217 Å². The minimum absolute atomic E-state index is 0.578. The first kappa shape index (κ1) is 25.8. The number of ether oxygens (including phenoxy) is 3. The van der Waals surface area contributed by atoms with Crippen LogP contribution >= 0.6 is 0 Å². The number of aryl methyl sites for hydroxylation is 3. The maximum atomic E-state index is 12.3. The Balaban J connectivity index is 1.69. The van der Waals surface area contributed by atoms with Crippen molar-refractivity contribution in [1.29, 1.82) is 0 Å². The number of methoxy groups -OCH3 is 2. The Morgan fingerprint density at radius 3 is 2.24 bits per heavy atom. The molecule has 0 atom stereocenters. The number of aromatic nitrogens is 1. The fraction of sp³-hybridized carbons (Fsp3) is 0.267. The number of pyridine rings is 1. The number of hydrogen-bond donors (Lipinski definition) is 1. The lowest BCUT2D eigenvalue weighted by Crippen LogP contribution is -2.24. The number of benzene rings is 3. The van der Waals surface area contributed by atoms with Crippen molar-refractivity contribution in [3.63, 3.8) is 0 Å². The fourth-order valence-electron chi connectivity index (χ4n) is 4.33. The molecule has 4 aromatic rings. The molecule has 192 valence electrons. The van der Waals surface area contributed by atoms with E-state index in [-0.39, 0.29) is 0 Å². The third kappa shape index (κ3) is 5.45. The van der Waals surface area contributed by atoms with Gasteiger partial charge >= 0.3 is 6.09 Å². The summed E-state index contributed by atoms with van der Waals surface area (Å²) in [6, 6.07) is 16.9. The van der Waals surface area contributed by atoms with Crippen molar-refractivity contribution in [3.8, 4) is 23.0 Å². The van der Waals surface area contributed by atoms with Crippen LogP contribution in [0.2, 0.25) is 0 Å². The maximum absolute atomic E-state index is 12.3. The Kier molecular flexibility index (Phi) is 7.82. The van der Waals surface area contributed by atoms with Gasteiger partial charge in [-0.15, -0.1) is 0 Å². The van der Waals surface area contributed by atoms with Crippen LogP contribution in [0.5, 0.6) is 23.0 Å². The number of fused-ring (bicyclic) bond motifs is 1. The summed E-state index contributed by atoms with van der Waals surface area (Å²) in [6.07, 6.45) is 3.84. The lowest BCUT2D eigenvalue weighted by Gasteiger charge is -2.23. The molecule has 0 aliphatic rings. The summed E-state index contributed by atoms with van der Waals surface area (Å²) in [5.41, 5.74) is 4.68. The largest absolute Gasteiger partial charge is 0.493 e. The summed E-state index contributed by atoms with van der Waals surface area (Å²) in [7, 11) is 3.17. The van der Waals surface area contributed by atoms with E-state index in [4.69, 9.17) is 14.2 Å². The predicted octanol–water partition coefficient (Wildman–Crippen LogP) is 7.82. The van der Waals surface area contributed by atoms with Gasteiger partial charge in [0.1, 0.15) is 11.5 Å². The number of amides is 1. The molecule has 0 radical (unpaired) electrons. The molecule has 0 spiro atoms. The molecule has 1 N–H and O–H groups in total. The molecule has 1 heterocycles. The van der Waals surface area contributed by atoms with Crippen molar-refractivity contribution in [2.45, 2.75) is 40.0 Å². The van der Waals surface area contributed by atoms with Gasteiger partial charge in [-0.1, -0.05) is 25.5 Å². The number of rotatable bonds is 9. The standard InChI is InChI=1S/C30H32N2O5/c1-6-7-8-21-9-11-22(12-10-21)32(30(33)34)25-15-20(3)27(16-19(25)2)37-26-13-14-31-24-18-29(36-5)28(35-4)17-23(24)26/h9-18H,6-8H2,1-5H3,(H,33,34). The second kappa shape index (κ2) is 11.2. The SMILES string of the molecule is CCCCc1ccc(N(C(=O)O)c2cc(C)c(Oc3ccnc4cc(OC)c(OC)cc34)cc2C)cc1. The van der Waals surface area contributed by atoms with E-state index in [1.165, 1.54) is 10.5 Å². The number of nitrogens with zero attached hydrogens (tertiary/aromatic N) is 2. The van der Waals surface area contributed by atoms with E-state index >= 15 is 0 Å². The Hall–Kier alpha value is -4.26. The highest BCUT2D eigenvalue weighted by molar-refractivity contribution is 5.96. The molecule has 37 heavy (non-hydrogen) atoms. The summed E-state index contributed by atoms with van der Waals surface area (Å²) >= 11 is 0. The van der Waals surface area contributed by atoms with Crippen molar-refractivity contribution in [2.75, 3.05) is 19.1 Å². The molecule has 7 heteroatoms. The summed E-state index contributed by atoms with van der Waals surface area (Å²) in [6.45, 7) is 5.94. The predicted molar refractivity (Wildman–Crippen MR) is 146 cm³/mol. The topological polar surface area (TPSA) is 81.1 Å². The first-order valence-electron chi connectivity index (χ1n) is 12.3. The van der Waals surface area contributed by atoms with Gasteiger partial charge in [0.2, 0.25) is 0 Å². The molecule has 0 saturated heterocycles. The van der Waals surface area contributed by atoms with Crippen molar-refractivity contribution in [2.24, 2.45) is 0 Å². The minimum Gasteiger partial charge on any atom is -0.493 e. The number of unbranched alkanes of at least 4 members (excludes halogenated alkanes) is 1. The van der Waals surface area contributed by atoms with E-state index in [0.29, 0.717) is 39.9 Å². The first-order valence-corrected chi connectivity index (χ1v) is 12.3. The van der Waals surface area contributed by atoms with Gasteiger partial charge in [0.15, 0.2) is 11.5 Å². The number of carboxylic acid groups (broad SMARTS) is 1. The van der Waals surface area contributed by atoms with Crippen LogP contribution in [0.15, 0.2) is 60.8 Å². The van der Waals surface area contributed by atoms with Gasteiger partial charge in [0.05, 0.1) is 31.1 Å². The molecule has 1 aromatic heterocycles. The maximum Gasteiger partial charge on any atom is 0.416 e. The zero-order valence-corrected chi connectivity index (χ0v) is 21.9. The third-order valence-electron chi connectivity index (χ3n) is 6.37. The van der Waals surface area contributed by atoms with Crippen LogP contribution in [0.1, 0.15) is 36.5 Å². The smallest absolute Gasteiger partial charge is 0.416 e. The van der Waals surface area contributed by atoms with Crippen LogP contribution in [0.25, 0.3) is 10.9 Å². The first-order chi connectivity index (χ1) is 17.9. The molecule has 0 aliphatic carbocycles. The fourth-order valence-corrected chi connectivity index (χ4v) is 4.33. The molecule has 0 bridgehead atoms. The molecule has 7 nitrogen and oxygen atoms in total. The van der Waals surface area contributed by atoms with Gasteiger partial charge in [0, 0.05) is 17.6 Å². The van der Waals surface area contributed by atoms with E-state index in [9.17, 15) is 9.90 Å². The molecule has 3 aromatic carbocycles. The van der Waals surface area contributed by atoms with Gasteiger partial charge in [-0.25, -0.2) is 9.69 Å². The van der Waals surface area contributed by atoms with Crippen molar-refractivity contribution < 1.29 is 24.1 Å². The molecule has 0 unspecified atom stereocenters. The van der Waals surface area contributed by atoms with Gasteiger partial charge in [-0.05, 0) is 79.8 Å². The van der Waals surface area contributed by atoms with Gasteiger partial charge in [-0.2, -0.15) is 0 Å². The lowest BCUT2D eigenvalue weighted by molar-refractivity contribution is 0.204. The highest BCUT2D eigenvalue weighted by Crippen LogP contribution is 2.39. The Morgan fingerprint density at radius 1 is 0.892 bits per heavy atom. The van der Waals surface area contributed by atoms with E-state index in [1.807, 2.05) is 56.3 Å². The average molecular weight is 501 g/mol. The van der Waals surface area contributed by atoms with Crippen LogP contribution in [0.4, 0.5) is 16.2 Å². The van der Waals surface area contributed by atoms with Gasteiger partial charge < -0.3 is 19.3 Å².